The van der Waals surface area contributed by atoms with Gasteiger partial charge in [-0.3, -0.25) is 24.0 Å². The first kappa shape index (κ1) is 27.5. The first-order chi connectivity index (χ1) is 19.7. The number of carbonyl (C=O) groups excluding carboxylic acids is 5. The van der Waals surface area contributed by atoms with Gasteiger partial charge in [0, 0.05) is 40.6 Å². The number of fused-ring (bicyclic) bond motifs is 1. The molecule has 3 heterocycles. The second-order valence-electron chi connectivity index (χ2n) is 11.9. The summed E-state index contributed by atoms with van der Waals surface area (Å²) in [6.45, 7) is 0.465. The zero-order valence-corrected chi connectivity index (χ0v) is 26.0. The molecule has 3 amide bonds. The minimum Gasteiger partial charge on any atom is -0.459 e. The molecule has 8 rings (SSSR count). The number of hydrogen-bond acceptors (Lipinski definition) is 9. The zero-order valence-electron chi connectivity index (χ0n) is 22.2. The van der Waals surface area contributed by atoms with Gasteiger partial charge in [-0.15, -0.1) is 23.1 Å². The van der Waals surface area contributed by atoms with Gasteiger partial charge in [0.2, 0.25) is 5.91 Å². The highest BCUT2D eigenvalue weighted by Crippen LogP contribution is 2.59. The predicted octanol–water partition coefficient (Wildman–Crippen LogP) is 4.70. The average Bonchev–Trinajstić information content (AvgIpc) is 3.56. The summed E-state index contributed by atoms with van der Waals surface area (Å²) in [5.41, 5.74) is 1.71. The van der Waals surface area contributed by atoms with Gasteiger partial charge in [-0.25, -0.2) is 8.10 Å². The maximum absolute atomic E-state index is 13.2. The van der Waals surface area contributed by atoms with E-state index in [1.54, 1.807) is 45.6 Å². The van der Waals surface area contributed by atoms with Gasteiger partial charge in [-0.05, 0) is 62.1 Å². The van der Waals surface area contributed by atoms with Crippen molar-refractivity contribution >= 4 is 75.4 Å². The molecule has 4 aliphatic carbocycles. The number of esters is 1. The van der Waals surface area contributed by atoms with E-state index in [1.807, 2.05) is 17.5 Å². The maximum Gasteiger partial charge on any atom is 0.312 e. The lowest BCUT2D eigenvalue weighted by atomic mass is 9.49. The Balaban J connectivity index is 0.970. The van der Waals surface area contributed by atoms with Crippen molar-refractivity contribution in [2.24, 2.45) is 23.2 Å². The van der Waals surface area contributed by atoms with Crippen LogP contribution in [0.2, 0.25) is 0 Å². The third kappa shape index (κ3) is 4.73. The molecule has 214 valence electrons. The SMILES string of the molecule is O=C1C2CC3CC1CC(C(=O)OCc1csc(CSc4cccc5c4CN(C4CCC(=O)N(I)C4=O)C5=O)n1)(C3)C2. The molecule has 1 saturated heterocycles. The smallest absolute Gasteiger partial charge is 0.312 e. The number of ketones is 1. The third-order valence-electron chi connectivity index (χ3n) is 9.39. The number of thioether (sulfide) groups is 1. The number of ether oxygens (including phenoxy) is 1. The molecule has 2 aromatic rings. The van der Waals surface area contributed by atoms with Crippen LogP contribution in [0.15, 0.2) is 28.5 Å². The Morgan fingerprint density at radius 3 is 2.71 bits per heavy atom. The lowest BCUT2D eigenvalue weighted by molar-refractivity contribution is -0.175. The molecule has 41 heavy (non-hydrogen) atoms. The van der Waals surface area contributed by atoms with Gasteiger partial charge in [-0.1, -0.05) is 6.07 Å². The Labute approximate surface area is 259 Å². The molecular formula is C29H28IN3O6S2. The van der Waals surface area contributed by atoms with Crippen LogP contribution in [0.25, 0.3) is 0 Å². The van der Waals surface area contributed by atoms with Crippen molar-refractivity contribution in [3.8, 4) is 0 Å². The van der Waals surface area contributed by atoms with Crippen LogP contribution >= 0.6 is 46.0 Å². The van der Waals surface area contributed by atoms with Gasteiger partial charge in [-0.2, -0.15) is 0 Å². The topological polar surface area (TPSA) is 114 Å². The number of hydrogen-bond donors (Lipinski definition) is 0. The average molecular weight is 706 g/mol. The quantitative estimate of drug-likeness (QED) is 0.134. The number of Topliss-reactive ketones (excluding diaryl/α,β-unsaturated/α-hetero) is 1. The molecule has 1 aromatic heterocycles. The number of piperidine rings is 1. The van der Waals surface area contributed by atoms with E-state index in [-0.39, 0.29) is 48.6 Å². The van der Waals surface area contributed by atoms with E-state index in [2.05, 4.69) is 4.98 Å². The van der Waals surface area contributed by atoms with Crippen molar-refractivity contribution in [3.05, 3.63) is 45.4 Å². The number of nitrogens with zero attached hydrogens (tertiary/aromatic N) is 3. The van der Waals surface area contributed by atoms with E-state index >= 15 is 0 Å². The van der Waals surface area contributed by atoms with Crippen LogP contribution in [0.4, 0.5) is 0 Å². The fraction of sp³-hybridized carbons (Fsp3) is 0.517. The first-order valence-electron chi connectivity index (χ1n) is 13.9. The highest BCUT2D eigenvalue weighted by atomic mass is 127. The second kappa shape index (κ2) is 10.4. The zero-order chi connectivity index (χ0) is 28.5. The normalized spacial score (nSPS) is 30.4. The molecule has 0 radical (unpaired) electrons. The summed E-state index contributed by atoms with van der Waals surface area (Å²) in [7, 11) is 0. The molecule has 4 saturated carbocycles. The van der Waals surface area contributed by atoms with Crippen LogP contribution in [0.5, 0.6) is 0 Å². The van der Waals surface area contributed by atoms with Gasteiger partial charge in [0.15, 0.2) is 0 Å². The first-order valence-corrected chi connectivity index (χ1v) is 16.8. The van der Waals surface area contributed by atoms with Crippen LogP contribution in [-0.2, 0) is 42.8 Å². The van der Waals surface area contributed by atoms with E-state index in [0.29, 0.717) is 54.5 Å². The molecule has 3 unspecified atom stereocenters. The summed E-state index contributed by atoms with van der Waals surface area (Å²) >= 11 is 4.82. The number of thiazole rings is 1. The van der Waals surface area contributed by atoms with E-state index < -0.39 is 11.5 Å². The summed E-state index contributed by atoms with van der Waals surface area (Å²) < 4.78 is 6.88. The van der Waals surface area contributed by atoms with Crippen molar-refractivity contribution in [2.45, 2.75) is 74.8 Å². The van der Waals surface area contributed by atoms with Gasteiger partial charge >= 0.3 is 5.97 Å². The number of aromatic nitrogens is 1. The van der Waals surface area contributed by atoms with Crippen LogP contribution in [0.1, 0.15) is 71.6 Å². The third-order valence-corrected chi connectivity index (χ3v) is 12.6. The Bertz CT molecular complexity index is 1470. The predicted molar refractivity (Wildman–Crippen MR) is 158 cm³/mol. The van der Waals surface area contributed by atoms with E-state index in [0.717, 1.165) is 37.8 Å². The number of benzene rings is 1. The van der Waals surface area contributed by atoms with E-state index in [4.69, 9.17) is 4.74 Å². The van der Waals surface area contributed by atoms with Crippen molar-refractivity contribution in [1.82, 2.24) is 13.0 Å². The van der Waals surface area contributed by atoms with Crippen molar-refractivity contribution in [1.29, 1.82) is 0 Å². The molecule has 4 bridgehead atoms. The van der Waals surface area contributed by atoms with Crippen LogP contribution in [-0.4, -0.2) is 48.5 Å². The number of halogens is 1. The Hall–Kier alpha value is -2.32. The fourth-order valence-corrected chi connectivity index (χ4v) is 10.1. The number of amides is 3. The number of rotatable bonds is 7. The number of imide groups is 1. The van der Waals surface area contributed by atoms with Gasteiger partial charge in [0.05, 0.1) is 39.7 Å². The molecule has 5 fully saturated rings. The lowest BCUT2D eigenvalue weighted by Gasteiger charge is -2.53. The maximum atomic E-state index is 13.2. The monoisotopic (exact) mass is 705 g/mol. The summed E-state index contributed by atoms with van der Waals surface area (Å²) in [4.78, 5) is 70.7. The number of carbonyl (C=O) groups is 5. The van der Waals surface area contributed by atoms with Gasteiger partial charge in [0.1, 0.15) is 23.4 Å². The van der Waals surface area contributed by atoms with Crippen molar-refractivity contribution in [3.63, 3.8) is 0 Å². The molecule has 9 nitrogen and oxygen atoms in total. The molecule has 2 aliphatic heterocycles. The molecule has 3 atom stereocenters. The van der Waals surface area contributed by atoms with Crippen LogP contribution < -0.4 is 0 Å². The molecule has 0 N–H and O–H groups in total. The largest absolute Gasteiger partial charge is 0.459 e. The van der Waals surface area contributed by atoms with E-state index in [9.17, 15) is 24.0 Å². The molecule has 12 heteroatoms. The second-order valence-corrected chi connectivity index (χ2v) is 14.8. The summed E-state index contributed by atoms with van der Waals surface area (Å²) in [5, 5.41) is 2.81. The summed E-state index contributed by atoms with van der Waals surface area (Å²) in [5.74, 6) is 0.570. The molecule has 1 aromatic carbocycles. The van der Waals surface area contributed by atoms with Crippen LogP contribution in [0, 0.1) is 23.2 Å². The van der Waals surface area contributed by atoms with Crippen molar-refractivity contribution < 1.29 is 28.7 Å². The van der Waals surface area contributed by atoms with Crippen molar-refractivity contribution in [2.75, 3.05) is 0 Å². The van der Waals surface area contributed by atoms with Gasteiger partial charge in [0.25, 0.3) is 11.8 Å². The van der Waals surface area contributed by atoms with Crippen LogP contribution in [0.3, 0.4) is 0 Å². The standard InChI is InChI=1S/C29H28IN3O6S2/c30-33-24(34)5-4-21(27(33)37)32-11-20-19(26(32)36)2-1-3-22(20)40-14-23-31-18(13-41-23)12-39-28(38)29-8-15-6-16(9-29)25(35)17(7-15)10-29/h1-3,13,15-17,21H,4-12,14H2. The Morgan fingerprint density at radius 1 is 1.15 bits per heavy atom. The van der Waals surface area contributed by atoms with E-state index in [1.165, 1.54) is 11.3 Å². The summed E-state index contributed by atoms with van der Waals surface area (Å²) in [6, 6.07) is 4.98. The minimum absolute atomic E-state index is 0.0341. The molecule has 0 spiro atoms. The highest BCUT2D eigenvalue weighted by molar-refractivity contribution is 14.1. The highest BCUT2D eigenvalue weighted by Gasteiger charge is 2.59. The molecular weight excluding hydrogens is 677 g/mol. The van der Waals surface area contributed by atoms with Gasteiger partial charge < -0.3 is 9.64 Å². The molecule has 6 aliphatic rings. The Morgan fingerprint density at radius 2 is 1.93 bits per heavy atom. The Kier molecular flexibility index (Phi) is 7.01. The minimum atomic E-state index is -0.634. The lowest BCUT2D eigenvalue weighted by Crippen LogP contribution is -2.54. The fourth-order valence-electron chi connectivity index (χ4n) is 7.65. The summed E-state index contributed by atoms with van der Waals surface area (Å²) in [6.07, 6.45) is 4.58.